The highest BCUT2D eigenvalue weighted by Crippen LogP contribution is 2.07. The minimum Gasteiger partial charge on any atom is -0.458 e. The minimum atomic E-state index is -0.251. The van der Waals surface area contributed by atoms with Crippen LogP contribution in [-0.2, 0) is 4.74 Å². The summed E-state index contributed by atoms with van der Waals surface area (Å²) in [5.74, 6) is -0.251. The van der Waals surface area contributed by atoms with E-state index in [2.05, 4.69) is 0 Å². The Morgan fingerprint density at radius 1 is 1.62 bits per heavy atom. The van der Waals surface area contributed by atoms with E-state index in [1.807, 2.05) is 25.3 Å². The summed E-state index contributed by atoms with van der Waals surface area (Å²) in [5, 5.41) is 3.64. The highest BCUT2D eigenvalue weighted by Gasteiger charge is 2.04. The van der Waals surface area contributed by atoms with Crippen molar-refractivity contribution in [3.05, 3.63) is 34.0 Å². The molecule has 0 N–H and O–H groups in total. The zero-order valence-electron chi connectivity index (χ0n) is 7.74. The molecule has 0 fully saturated rings. The van der Waals surface area contributed by atoms with Gasteiger partial charge in [-0.1, -0.05) is 5.57 Å². The lowest BCUT2D eigenvalue weighted by Crippen LogP contribution is -2.03. The molecule has 0 amide bonds. The maximum absolute atomic E-state index is 11.2. The molecule has 70 valence electrons. The van der Waals surface area contributed by atoms with E-state index in [4.69, 9.17) is 4.74 Å². The van der Waals surface area contributed by atoms with Gasteiger partial charge in [-0.15, -0.1) is 0 Å². The van der Waals surface area contributed by atoms with E-state index in [9.17, 15) is 4.79 Å². The SMILES string of the molecule is CC(C)=CCOC(=O)c1ccsc1. The highest BCUT2D eigenvalue weighted by molar-refractivity contribution is 7.08. The van der Waals surface area contributed by atoms with Crippen LogP contribution in [-0.4, -0.2) is 12.6 Å². The molecule has 0 unspecified atom stereocenters. The summed E-state index contributed by atoms with van der Waals surface area (Å²) in [4.78, 5) is 11.2. The molecule has 0 spiro atoms. The maximum atomic E-state index is 11.2. The zero-order valence-corrected chi connectivity index (χ0v) is 8.56. The first-order valence-corrected chi connectivity index (χ1v) is 4.97. The third kappa shape index (κ3) is 3.42. The predicted molar refractivity (Wildman–Crippen MR) is 54.0 cm³/mol. The molecule has 3 heteroatoms. The average Bonchev–Trinajstić information content (AvgIpc) is 2.55. The monoisotopic (exact) mass is 196 g/mol. The van der Waals surface area contributed by atoms with E-state index < -0.39 is 0 Å². The number of allylic oxidation sites excluding steroid dienone is 1. The van der Waals surface area contributed by atoms with E-state index in [1.54, 1.807) is 11.4 Å². The second-order valence-corrected chi connectivity index (χ2v) is 3.67. The second kappa shape index (κ2) is 4.82. The molecule has 0 aliphatic carbocycles. The topological polar surface area (TPSA) is 26.3 Å². The summed E-state index contributed by atoms with van der Waals surface area (Å²) in [6.07, 6.45) is 1.88. The zero-order chi connectivity index (χ0) is 9.68. The van der Waals surface area contributed by atoms with Gasteiger partial charge in [-0.05, 0) is 31.4 Å². The van der Waals surface area contributed by atoms with Gasteiger partial charge in [-0.25, -0.2) is 4.79 Å². The molecular weight excluding hydrogens is 184 g/mol. The fourth-order valence-corrected chi connectivity index (χ4v) is 1.37. The first-order chi connectivity index (χ1) is 6.20. The van der Waals surface area contributed by atoms with Gasteiger partial charge < -0.3 is 4.74 Å². The Morgan fingerprint density at radius 3 is 2.92 bits per heavy atom. The lowest BCUT2D eigenvalue weighted by atomic mass is 10.3. The minimum absolute atomic E-state index is 0.251. The molecule has 1 aromatic heterocycles. The van der Waals surface area contributed by atoms with Crippen LogP contribution in [0.5, 0.6) is 0 Å². The number of esters is 1. The van der Waals surface area contributed by atoms with Crippen LogP contribution in [0, 0.1) is 0 Å². The molecule has 0 aliphatic rings. The van der Waals surface area contributed by atoms with Gasteiger partial charge in [0.15, 0.2) is 0 Å². The van der Waals surface area contributed by atoms with Gasteiger partial charge in [0.05, 0.1) is 5.56 Å². The van der Waals surface area contributed by atoms with E-state index >= 15 is 0 Å². The van der Waals surface area contributed by atoms with Gasteiger partial charge in [0.1, 0.15) is 6.61 Å². The average molecular weight is 196 g/mol. The van der Waals surface area contributed by atoms with Crippen molar-refractivity contribution in [1.29, 1.82) is 0 Å². The number of carbonyl (C=O) groups excluding carboxylic acids is 1. The number of thiophene rings is 1. The maximum Gasteiger partial charge on any atom is 0.339 e. The van der Waals surface area contributed by atoms with Crippen molar-refractivity contribution >= 4 is 17.3 Å². The molecule has 0 radical (unpaired) electrons. The summed E-state index contributed by atoms with van der Waals surface area (Å²) in [7, 11) is 0. The summed E-state index contributed by atoms with van der Waals surface area (Å²) < 4.78 is 4.99. The molecule has 0 saturated heterocycles. The van der Waals surface area contributed by atoms with Crippen molar-refractivity contribution in [2.75, 3.05) is 6.61 Å². The molecule has 13 heavy (non-hydrogen) atoms. The normalized spacial score (nSPS) is 9.38. The number of hydrogen-bond donors (Lipinski definition) is 0. The van der Waals surface area contributed by atoms with Crippen LogP contribution in [0.15, 0.2) is 28.5 Å². The highest BCUT2D eigenvalue weighted by atomic mass is 32.1. The molecule has 1 heterocycles. The van der Waals surface area contributed by atoms with E-state index in [1.165, 1.54) is 11.3 Å². The molecule has 0 bridgehead atoms. The standard InChI is InChI=1S/C10H12O2S/c1-8(2)3-5-12-10(11)9-4-6-13-7-9/h3-4,6-7H,5H2,1-2H3. The number of rotatable bonds is 3. The molecule has 0 atom stereocenters. The lowest BCUT2D eigenvalue weighted by molar-refractivity contribution is 0.0549. The second-order valence-electron chi connectivity index (χ2n) is 2.89. The molecule has 1 aromatic rings. The quantitative estimate of drug-likeness (QED) is 0.549. The van der Waals surface area contributed by atoms with Crippen molar-refractivity contribution in [3.8, 4) is 0 Å². The van der Waals surface area contributed by atoms with Gasteiger partial charge >= 0.3 is 5.97 Å². The van der Waals surface area contributed by atoms with Gasteiger partial charge in [-0.3, -0.25) is 0 Å². The molecule has 0 aromatic carbocycles. The Labute approximate surface area is 81.8 Å². The van der Waals surface area contributed by atoms with Crippen LogP contribution in [0.1, 0.15) is 24.2 Å². The Bertz CT molecular complexity index is 295. The van der Waals surface area contributed by atoms with E-state index in [0.29, 0.717) is 12.2 Å². The Morgan fingerprint density at radius 2 is 2.38 bits per heavy atom. The molecule has 0 aliphatic heterocycles. The van der Waals surface area contributed by atoms with Crippen LogP contribution < -0.4 is 0 Å². The molecule has 2 nitrogen and oxygen atoms in total. The Kier molecular flexibility index (Phi) is 3.71. The van der Waals surface area contributed by atoms with Crippen LogP contribution >= 0.6 is 11.3 Å². The third-order valence-corrected chi connectivity index (χ3v) is 2.15. The van der Waals surface area contributed by atoms with Crippen LogP contribution in [0.25, 0.3) is 0 Å². The van der Waals surface area contributed by atoms with Crippen molar-refractivity contribution in [2.45, 2.75) is 13.8 Å². The first kappa shape index (κ1) is 9.99. The van der Waals surface area contributed by atoms with Crippen LogP contribution in [0.2, 0.25) is 0 Å². The van der Waals surface area contributed by atoms with Crippen molar-refractivity contribution in [2.24, 2.45) is 0 Å². The Hall–Kier alpha value is -1.09. The third-order valence-electron chi connectivity index (χ3n) is 1.46. The Balaban J connectivity index is 2.39. The van der Waals surface area contributed by atoms with Gasteiger partial charge in [0.25, 0.3) is 0 Å². The molecule has 0 saturated carbocycles. The van der Waals surface area contributed by atoms with E-state index in [-0.39, 0.29) is 5.97 Å². The van der Waals surface area contributed by atoms with Crippen LogP contribution in [0.4, 0.5) is 0 Å². The smallest absolute Gasteiger partial charge is 0.339 e. The van der Waals surface area contributed by atoms with Crippen molar-refractivity contribution < 1.29 is 9.53 Å². The number of carbonyl (C=O) groups is 1. The van der Waals surface area contributed by atoms with Gasteiger partial charge in [-0.2, -0.15) is 11.3 Å². The summed E-state index contributed by atoms with van der Waals surface area (Å²) >= 11 is 1.49. The molecule has 1 rings (SSSR count). The number of hydrogen-bond acceptors (Lipinski definition) is 3. The largest absolute Gasteiger partial charge is 0.458 e. The van der Waals surface area contributed by atoms with E-state index in [0.717, 1.165) is 5.57 Å². The lowest BCUT2D eigenvalue weighted by Gasteiger charge is -1.98. The number of ether oxygens (including phenoxy) is 1. The van der Waals surface area contributed by atoms with Gasteiger partial charge in [0, 0.05) is 5.38 Å². The predicted octanol–water partition coefficient (Wildman–Crippen LogP) is 2.87. The van der Waals surface area contributed by atoms with Crippen molar-refractivity contribution in [1.82, 2.24) is 0 Å². The summed E-state index contributed by atoms with van der Waals surface area (Å²) in [6.45, 7) is 4.30. The fourth-order valence-electron chi connectivity index (χ4n) is 0.748. The fraction of sp³-hybridized carbons (Fsp3) is 0.300. The summed E-state index contributed by atoms with van der Waals surface area (Å²) in [5.41, 5.74) is 1.78. The van der Waals surface area contributed by atoms with Crippen molar-refractivity contribution in [3.63, 3.8) is 0 Å². The van der Waals surface area contributed by atoms with Crippen LogP contribution in [0.3, 0.4) is 0 Å². The van der Waals surface area contributed by atoms with Gasteiger partial charge in [0.2, 0.25) is 0 Å². The molecular formula is C10H12O2S. The first-order valence-electron chi connectivity index (χ1n) is 4.03. The summed E-state index contributed by atoms with van der Waals surface area (Å²) in [6, 6.07) is 1.76.